The third-order valence-electron chi connectivity index (χ3n) is 5.84. The Balaban J connectivity index is 1.52. The van der Waals surface area contributed by atoms with Crippen LogP contribution in [0.1, 0.15) is 33.1 Å². The zero-order chi connectivity index (χ0) is 19.1. The lowest BCUT2D eigenvalue weighted by Crippen LogP contribution is -2.28. The molecule has 27 heavy (non-hydrogen) atoms. The second kappa shape index (κ2) is 7.55. The monoisotopic (exact) mass is 432 g/mol. The molecule has 4 rings (SSSR count). The van der Waals surface area contributed by atoms with E-state index in [1.807, 2.05) is 47.8 Å². The molecule has 0 fully saturated rings. The first-order valence-electron chi connectivity index (χ1n) is 9.22. The van der Waals surface area contributed by atoms with Gasteiger partial charge in [0.1, 0.15) is 0 Å². The van der Waals surface area contributed by atoms with Gasteiger partial charge in [-0.3, -0.25) is 0 Å². The zero-order valence-corrected chi connectivity index (χ0v) is 18.6. The van der Waals surface area contributed by atoms with Crippen LogP contribution in [0.25, 0.3) is 0 Å². The highest BCUT2D eigenvalue weighted by Crippen LogP contribution is 2.65. The van der Waals surface area contributed by atoms with E-state index in [1.165, 1.54) is 19.6 Å². The van der Waals surface area contributed by atoms with Gasteiger partial charge in [0, 0.05) is 30.7 Å². The van der Waals surface area contributed by atoms with E-state index in [0.29, 0.717) is 0 Å². The SMILES string of the molecule is CC[C@@]12C=C(Sc3ccc(Cl)cc3)C[C@]1(C)C=C(Sc1ccc(Cl)cc1)C2. The van der Waals surface area contributed by atoms with Crippen molar-refractivity contribution in [3.05, 3.63) is 80.5 Å². The third kappa shape index (κ3) is 3.87. The number of benzene rings is 2. The topological polar surface area (TPSA) is 0 Å². The Morgan fingerprint density at radius 2 is 1.26 bits per heavy atom. The van der Waals surface area contributed by atoms with Crippen LogP contribution >= 0.6 is 46.7 Å². The van der Waals surface area contributed by atoms with Crippen molar-refractivity contribution in [1.82, 2.24) is 0 Å². The largest absolute Gasteiger partial charge is 0.0948 e. The van der Waals surface area contributed by atoms with Gasteiger partial charge in [0.15, 0.2) is 0 Å². The van der Waals surface area contributed by atoms with Gasteiger partial charge in [-0.1, -0.05) is 72.7 Å². The molecular formula is C23H22Cl2S2. The summed E-state index contributed by atoms with van der Waals surface area (Å²) in [5.41, 5.74) is 0.432. The quantitative estimate of drug-likeness (QED) is 0.462. The Kier molecular flexibility index (Phi) is 5.46. The van der Waals surface area contributed by atoms with Crippen LogP contribution in [-0.2, 0) is 0 Å². The Morgan fingerprint density at radius 3 is 1.70 bits per heavy atom. The van der Waals surface area contributed by atoms with E-state index in [1.54, 1.807) is 0 Å². The van der Waals surface area contributed by atoms with E-state index in [0.717, 1.165) is 29.3 Å². The molecule has 140 valence electrons. The van der Waals surface area contributed by atoms with Crippen molar-refractivity contribution < 1.29 is 0 Å². The lowest BCUT2D eigenvalue weighted by molar-refractivity contribution is 0.196. The number of rotatable bonds is 5. The van der Waals surface area contributed by atoms with Gasteiger partial charge in [-0.25, -0.2) is 0 Å². The number of fused-ring (bicyclic) bond motifs is 1. The van der Waals surface area contributed by atoms with Crippen molar-refractivity contribution in [2.75, 3.05) is 0 Å². The van der Waals surface area contributed by atoms with Crippen LogP contribution in [0, 0.1) is 10.8 Å². The molecule has 0 aliphatic heterocycles. The summed E-state index contributed by atoms with van der Waals surface area (Å²) in [6.07, 6.45) is 8.48. The molecule has 0 saturated heterocycles. The maximum absolute atomic E-state index is 6.02. The van der Waals surface area contributed by atoms with E-state index in [4.69, 9.17) is 23.2 Å². The molecule has 2 aromatic rings. The normalized spacial score (nSPS) is 26.7. The molecule has 0 spiro atoms. The van der Waals surface area contributed by atoms with Crippen LogP contribution in [0.2, 0.25) is 10.0 Å². The van der Waals surface area contributed by atoms with Gasteiger partial charge in [-0.2, -0.15) is 0 Å². The Hall–Kier alpha value is -0.800. The van der Waals surface area contributed by atoms with Crippen molar-refractivity contribution in [3.63, 3.8) is 0 Å². The molecule has 4 heteroatoms. The number of hydrogen-bond donors (Lipinski definition) is 0. The molecule has 0 nitrogen and oxygen atoms in total. The summed E-state index contributed by atoms with van der Waals surface area (Å²) in [6.45, 7) is 4.76. The predicted molar refractivity (Wildman–Crippen MR) is 121 cm³/mol. The summed E-state index contributed by atoms with van der Waals surface area (Å²) in [6, 6.07) is 16.3. The lowest BCUT2D eigenvalue weighted by atomic mass is 9.67. The number of hydrogen-bond acceptors (Lipinski definition) is 2. The Bertz CT molecular complexity index is 899. The minimum absolute atomic E-state index is 0.200. The smallest absolute Gasteiger partial charge is 0.0406 e. The fraction of sp³-hybridized carbons (Fsp3) is 0.304. The first-order valence-corrected chi connectivity index (χ1v) is 11.6. The fourth-order valence-electron chi connectivity index (χ4n) is 4.30. The molecule has 2 aromatic carbocycles. The maximum Gasteiger partial charge on any atom is 0.0406 e. The first kappa shape index (κ1) is 19.5. The van der Waals surface area contributed by atoms with Crippen molar-refractivity contribution in [2.24, 2.45) is 10.8 Å². The molecule has 0 N–H and O–H groups in total. The van der Waals surface area contributed by atoms with Crippen LogP contribution in [0.5, 0.6) is 0 Å². The Morgan fingerprint density at radius 1 is 0.778 bits per heavy atom. The summed E-state index contributed by atoms with van der Waals surface area (Å²) >= 11 is 15.8. The second-order valence-electron chi connectivity index (χ2n) is 7.61. The van der Waals surface area contributed by atoms with Crippen LogP contribution in [0.15, 0.2) is 80.3 Å². The minimum atomic E-state index is 0.200. The summed E-state index contributed by atoms with van der Waals surface area (Å²) in [5.74, 6) is 0. The van der Waals surface area contributed by atoms with E-state index < -0.39 is 0 Å². The van der Waals surface area contributed by atoms with E-state index in [2.05, 4.69) is 50.3 Å². The highest BCUT2D eigenvalue weighted by Gasteiger charge is 2.52. The molecule has 0 aromatic heterocycles. The average molecular weight is 433 g/mol. The molecule has 0 amide bonds. The third-order valence-corrected chi connectivity index (χ3v) is 8.41. The van der Waals surface area contributed by atoms with E-state index in [-0.39, 0.29) is 10.8 Å². The van der Waals surface area contributed by atoms with Crippen LogP contribution in [0.4, 0.5) is 0 Å². The second-order valence-corrected chi connectivity index (χ2v) is 10.9. The molecule has 0 bridgehead atoms. The molecule has 0 radical (unpaired) electrons. The van der Waals surface area contributed by atoms with Gasteiger partial charge in [0.05, 0.1) is 0 Å². The number of thioether (sulfide) groups is 2. The molecule has 0 saturated carbocycles. The van der Waals surface area contributed by atoms with Gasteiger partial charge >= 0.3 is 0 Å². The van der Waals surface area contributed by atoms with Gasteiger partial charge in [0.25, 0.3) is 0 Å². The molecule has 2 aliphatic rings. The molecule has 2 atom stereocenters. The van der Waals surface area contributed by atoms with Crippen LogP contribution in [-0.4, -0.2) is 0 Å². The summed E-state index contributed by atoms with van der Waals surface area (Å²) in [5, 5.41) is 1.58. The zero-order valence-electron chi connectivity index (χ0n) is 15.5. The van der Waals surface area contributed by atoms with Gasteiger partial charge < -0.3 is 0 Å². The standard InChI is InChI=1S/C23H22Cl2S2/c1-3-23-14-20(26-18-8-4-16(24)5-9-18)12-22(23,2)13-21(15-23)27-19-10-6-17(25)7-11-19/h4-12,15H,3,13-14H2,1-2H3/t22-,23+/m0/s1. The minimum Gasteiger partial charge on any atom is -0.0948 e. The summed E-state index contributed by atoms with van der Waals surface area (Å²) in [4.78, 5) is 5.49. The van der Waals surface area contributed by atoms with Gasteiger partial charge in [-0.05, 0) is 77.6 Å². The van der Waals surface area contributed by atoms with E-state index >= 15 is 0 Å². The van der Waals surface area contributed by atoms with Crippen LogP contribution < -0.4 is 0 Å². The summed E-state index contributed by atoms with van der Waals surface area (Å²) in [7, 11) is 0. The van der Waals surface area contributed by atoms with Gasteiger partial charge in [-0.15, -0.1) is 0 Å². The van der Waals surface area contributed by atoms with Crippen molar-refractivity contribution >= 4 is 46.7 Å². The number of halogens is 2. The number of allylic oxidation sites excluding steroid dienone is 4. The lowest BCUT2D eigenvalue weighted by Gasteiger charge is -2.36. The maximum atomic E-state index is 6.02. The van der Waals surface area contributed by atoms with Crippen molar-refractivity contribution in [1.29, 1.82) is 0 Å². The molecule has 0 heterocycles. The van der Waals surface area contributed by atoms with Crippen LogP contribution in [0.3, 0.4) is 0 Å². The fourth-order valence-corrected chi connectivity index (χ4v) is 7.00. The molecule has 2 aliphatic carbocycles. The Labute approximate surface area is 180 Å². The van der Waals surface area contributed by atoms with E-state index in [9.17, 15) is 0 Å². The van der Waals surface area contributed by atoms with Crippen molar-refractivity contribution in [3.8, 4) is 0 Å². The highest BCUT2D eigenvalue weighted by molar-refractivity contribution is 8.03. The summed E-state index contributed by atoms with van der Waals surface area (Å²) < 4.78 is 0. The first-order chi connectivity index (χ1) is 12.9. The average Bonchev–Trinajstić information content (AvgIpc) is 3.04. The predicted octanol–water partition coefficient (Wildman–Crippen LogP) is 8.86. The molecule has 0 unspecified atom stereocenters. The highest BCUT2D eigenvalue weighted by atomic mass is 35.5. The van der Waals surface area contributed by atoms with Gasteiger partial charge in [0.2, 0.25) is 0 Å². The molecular weight excluding hydrogens is 411 g/mol. The van der Waals surface area contributed by atoms with Crippen molar-refractivity contribution in [2.45, 2.75) is 42.9 Å².